The molecule has 1 aliphatic rings. The molecule has 0 saturated carbocycles. The normalized spacial score (nSPS) is 13.8. The van der Waals surface area contributed by atoms with Crippen LogP contribution >= 0.6 is 0 Å². The van der Waals surface area contributed by atoms with Gasteiger partial charge >= 0.3 is 12.2 Å². The zero-order chi connectivity index (χ0) is 27.1. The number of benzene rings is 1. The number of halogens is 3. The Bertz CT molecular complexity index is 1250. The topological polar surface area (TPSA) is 101 Å². The van der Waals surface area contributed by atoms with Crippen LogP contribution in [-0.4, -0.2) is 62.5 Å². The lowest BCUT2D eigenvalue weighted by atomic mass is 10.0. The van der Waals surface area contributed by atoms with Gasteiger partial charge in [-0.15, -0.1) is 0 Å². The summed E-state index contributed by atoms with van der Waals surface area (Å²) in [6.07, 6.45) is -3.59. The van der Waals surface area contributed by atoms with E-state index in [4.69, 9.17) is 9.47 Å². The fourth-order valence-corrected chi connectivity index (χ4v) is 3.87. The average Bonchev–Trinajstić information content (AvgIpc) is 2.90. The first-order valence-electron chi connectivity index (χ1n) is 12.1. The van der Waals surface area contributed by atoms with Gasteiger partial charge in [-0.05, 0) is 61.0 Å². The van der Waals surface area contributed by atoms with Crippen molar-refractivity contribution in [3.8, 4) is 17.0 Å². The number of aryl methyl sites for hydroxylation is 1. The molecule has 0 bridgehead atoms. The highest BCUT2D eigenvalue weighted by molar-refractivity contribution is 6.00. The van der Waals surface area contributed by atoms with Gasteiger partial charge in [-0.1, -0.05) is 6.07 Å². The first-order valence-corrected chi connectivity index (χ1v) is 12.1. The third-order valence-corrected chi connectivity index (χ3v) is 5.84. The molecule has 2 aromatic heterocycles. The third-order valence-electron chi connectivity index (χ3n) is 5.84. The Kier molecular flexibility index (Phi) is 8.64. The number of alkyl halides is 3. The fourth-order valence-electron chi connectivity index (χ4n) is 3.87. The van der Waals surface area contributed by atoms with Crippen molar-refractivity contribution in [1.82, 2.24) is 15.3 Å². The molecule has 1 saturated heterocycles. The van der Waals surface area contributed by atoms with Crippen LogP contribution in [0.25, 0.3) is 11.1 Å². The van der Waals surface area contributed by atoms with E-state index in [2.05, 4.69) is 30.8 Å². The Morgan fingerprint density at radius 3 is 2.50 bits per heavy atom. The number of pyridine rings is 2. The molecule has 1 aromatic carbocycles. The average molecular weight is 531 g/mol. The Morgan fingerprint density at radius 2 is 1.82 bits per heavy atom. The number of likely N-dealkylation sites (N-methyl/N-ethyl adjacent to an activating group) is 1. The number of nitrogens with one attached hydrogen (secondary N) is 3. The second-order valence-electron chi connectivity index (χ2n) is 8.64. The number of rotatable bonds is 8. The second-order valence-corrected chi connectivity index (χ2v) is 8.64. The molecule has 0 aliphatic carbocycles. The maximum atomic E-state index is 12.7. The first kappa shape index (κ1) is 27.1. The number of hydrogen-bond donors (Lipinski definition) is 3. The van der Waals surface area contributed by atoms with Crippen LogP contribution in [0.3, 0.4) is 0 Å². The molecular weight excluding hydrogens is 501 g/mol. The van der Waals surface area contributed by atoms with Crippen molar-refractivity contribution in [2.75, 3.05) is 62.0 Å². The third kappa shape index (κ3) is 7.11. The standard InChI is InChI=1S/C26H29F3N6O3/c1-17-3-4-19(32-25(36)33-20-5-6-22(31-16-20)26(27,28)29)15-21(17)18-13-23(35-8-11-37-12-9-35)34-24(14-18)38-10-7-30-2/h3-6,13-16,30H,7-12H2,1-2H3,(H2,32,33,36). The van der Waals surface area contributed by atoms with Crippen molar-refractivity contribution in [2.45, 2.75) is 13.1 Å². The van der Waals surface area contributed by atoms with E-state index in [0.717, 1.165) is 40.8 Å². The molecule has 3 N–H and O–H groups in total. The molecule has 38 heavy (non-hydrogen) atoms. The van der Waals surface area contributed by atoms with Crippen molar-refractivity contribution >= 4 is 23.2 Å². The highest BCUT2D eigenvalue weighted by Crippen LogP contribution is 2.32. The Hall–Kier alpha value is -3.90. The summed E-state index contributed by atoms with van der Waals surface area (Å²) in [5.74, 6) is 1.26. The molecule has 9 nitrogen and oxygen atoms in total. The summed E-state index contributed by atoms with van der Waals surface area (Å²) < 4.78 is 49.5. The van der Waals surface area contributed by atoms with Crippen molar-refractivity contribution < 1.29 is 27.4 Å². The maximum absolute atomic E-state index is 12.7. The van der Waals surface area contributed by atoms with Crippen LogP contribution in [0.1, 0.15) is 11.3 Å². The molecule has 0 radical (unpaired) electrons. The lowest BCUT2D eigenvalue weighted by Crippen LogP contribution is -2.36. The van der Waals surface area contributed by atoms with Crippen LogP contribution in [0.5, 0.6) is 5.88 Å². The van der Waals surface area contributed by atoms with Gasteiger partial charge in [0.25, 0.3) is 0 Å². The van der Waals surface area contributed by atoms with Crippen LogP contribution in [-0.2, 0) is 10.9 Å². The molecule has 202 valence electrons. The Labute approximate surface area is 218 Å². The van der Waals surface area contributed by atoms with Gasteiger partial charge in [0.2, 0.25) is 5.88 Å². The maximum Gasteiger partial charge on any atom is 0.433 e. The molecule has 3 aromatic rings. The quantitative estimate of drug-likeness (QED) is 0.368. The minimum atomic E-state index is -4.55. The summed E-state index contributed by atoms with van der Waals surface area (Å²) in [7, 11) is 1.85. The summed E-state index contributed by atoms with van der Waals surface area (Å²) in [4.78, 5) is 22.7. The monoisotopic (exact) mass is 530 g/mol. The first-order chi connectivity index (χ1) is 18.2. The van der Waals surface area contributed by atoms with Crippen LogP contribution < -0.4 is 25.6 Å². The van der Waals surface area contributed by atoms with E-state index in [-0.39, 0.29) is 5.69 Å². The highest BCUT2D eigenvalue weighted by atomic mass is 19.4. The minimum Gasteiger partial charge on any atom is -0.476 e. The number of amides is 2. The predicted octanol–water partition coefficient (Wildman–Crippen LogP) is 4.55. The largest absolute Gasteiger partial charge is 0.476 e. The molecule has 1 fully saturated rings. The van der Waals surface area contributed by atoms with Gasteiger partial charge in [-0.25, -0.2) is 9.78 Å². The number of carbonyl (C=O) groups is 1. The molecule has 0 unspecified atom stereocenters. The van der Waals surface area contributed by atoms with E-state index in [1.807, 2.05) is 38.2 Å². The van der Waals surface area contributed by atoms with E-state index in [9.17, 15) is 18.0 Å². The number of hydrogen-bond acceptors (Lipinski definition) is 7. The number of urea groups is 1. The Balaban J connectivity index is 1.54. The minimum absolute atomic E-state index is 0.135. The highest BCUT2D eigenvalue weighted by Gasteiger charge is 2.32. The number of ether oxygens (including phenoxy) is 2. The number of morpholine rings is 1. The summed E-state index contributed by atoms with van der Waals surface area (Å²) in [5, 5.41) is 8.27. The van der Waals surface area contributed by atoms with Crippen molar-refractivity contribution in [3.05, 3.63) is 59.9 Å². The molecule has 4 rings (SSSR count). The molecule has 12 heteroatoms. The lowest BCUT2D eigenvalue weighted by molar-refractivity contribution is -0.141. The zero-order valence-electron chi connectivity index (χ0n) is 21.1. The fraction of sp³-hybridized carbons (Fsp3) is 0.346. The summed E-state index contributed by atoms with van der Waals surface area (Å²) in [6, 6.07) is 10.6. The van der Waals surface area contributed by atoms with Crippen molar-refractivity contribution in [1.29, 1.82) is 0 Å². The van der Waals surface area contributed by atoms with Gasteiger partial charge < -0.3 is 30.3 Å². The molecule has 0 atom stereocenters. The SMILES string of the molecule is CNCCOc1cc(-c2cc(NC(=O)Nc3ccc(C(F)(F)F)nc3)ccc2C)cc(N2CCOCC2)n1. The van der Waals surface area contributed by atoms with E-state index in [0.29, 0.717) is 51.0 Å². The molecule has 1 aliphatic heterocycles. The van der Waals surface area contributed by atoms with Gasteiger partial charge in [0.05, 0.1) is 25.1 Å². The van der Waals surface area contributed by atoms with Gasteiger partial charge in [0, 0.05) is 31.4 Å². The summed E-state index contributed by atoms with van der Waals surface area (Å²) in [5.41, 5.74) is 2.32. The van der Waals surface area contributed by atoms with Crippen LogP contribution in [0.4, 0.5) is 35.2 Å². The van der Waals surface area contributed by atoms with Crippen molar-refractivity contribution in [2.24, 2.45) is 0 Å². The number of aromatic nitrogens is 2. The van der Waals surface area contributed by atoms with Gasteiger partial charge in [0.1, 0.15) is 18.1 Å². The second kappa shape index (κ2) is 12.1. The van der Waals surface area contributed by atoms with Gasteiger partial charge in [-0.2, -0.15) is 18.2 Å². The number of anilines is 3. The van der Waals surface area contributed by atoms with Crippen LogP contribution in [0, 0.1) is 6.92 Å². The lowest BCUT2D eigenvalue weighted by Gasteiger charge is -2.28. The van der Waals surface area contributed by atoms with Crippen LogP contribution in [0.15, 0.2) is 48.7 Å². The molecule has 3 heterocycles. The number of carbonyl (C=O) groups excluding carboxylic acids is 1. The summed E-state index contributed by atoms with van der Waals surface area (Å²) in [6.45, 7) is 5.74. The van der Waals surface area contributed by atoms with E-state index in [1.165, 1.54) is 0 Å². The van der Waals surface area contributed by atoms with Crippen molar-refractivity contribution in [3.63, 3.8) is 0 Å². The predicted molar refractivity (Wildman–Crippen MR) is 139 cm³/mol. The van der Waals surface area contributed by atoms with E-state index < -0.39 is 17.9 Å². The molecule has 2 amide bonds. The van der Waals surface area contributed by atoms with E-state index >= 15 is 0 Å². The molecular formula is C26H29F3N6O3. The number of nitrogens with zero attached hydrogens (tertiary/aromatic N) is 3. The van der Waals surface area contributed by atoms with Gasteiger partial charge in [0.15, 0.2) is 0 Å². The molecule has 0 spiro atoms. The summed E-state index contributed by atoms with van der Waals surface area (Å²) >= 11 is 0. The van der Waals surface area contributed by atoms with Gasteiger partial charge in [-0.3, -0.25) is 0 Å². The smallest absolute Gasteiger partial charge is 0.433 e. The Morgan fingerprint density at radius 1 is 1.08 bits per heavy atom. The van der Waals surface area contributed by atoms with E-state index in [1.54, 1.807) is 6.07 Å². The zero-order valence-corrected chi connectivity index (χ0v) is 21.1. The van der Waals surface area contributed by atoms with Crippen LogP contribution in [0.2, 0.25) is 0 Å².